The summed E-state index contributed by atoms with van der Waals surface area (Å²) in [5.41, 5.74) is 4.45. The number of anilines is 2. The minimum atomic E-state index is -0.603. The SMILES string of the molecule is CCc1cccc(N(N)C(=O)NN)c1N(C)Cc1ccc(Cl)o1. The van der Waals surface area contributed by atoms with E-state index in [4.69, 9.17) is 27.7 Å². The van der Waals surface area contributed by atoms with E-state index < -0.39 is 6.03 Å². The number of hydrazine groups is 2. The van der Waals surface area contributed by atoms with Crippen LogP contribution in [-0.4, -0.2) is 13.1 Å². The Morgan fingerprint density at radius 1 is 1.35 bits per heavy atom. The van der Waals surface area contributed by atoms with Gasteiger partial charge >= 0.3 is 6.03 Å². The lowest BCUT2D eigenvalue weighted by atomic mass is 10.1. The van der Waals surface area contributed by atoms with E-state index >= 15 is 0 Å². The monoisotopic (exact) mass is 337 g/mol. The fraction of sp³-hybridized carbons (Fsp3) is 0.267. The first-order chi connectivity index (χ1) is 11.0. The first-order valence-corrected chi connectivity index (χ1v) is 7.48. The highest BCUT2D eigenvalue weighted by Crippen LogP contribution is 2.33. The van der Waals surface area contributed by atoms with Gasteiger partial charge in [0, 0.05) is 7.05 Å². The van der Waals surface area contributed by atoms with Crippen molar-refractivity contribution >= 4 is 29.0 Å². The maximum atomic E-state index is 11.8. The summed E-state index contributed by atoms with van der Waals surface area (Å²) >= 11 is 5.81. The molecule has 0 unspecified atom stereocenters. The highest BCUT2D eigenvalue weighted by atomic mass is 35.5. The quantitative estimate of drug-likeness (QED) is 0.442. The van der Waals surface area contributed by atoms with Crippen LogP contribution in [0.1, 0.15) is 18.2 Å². The zero-order valence-corrected chi connectivity index (χ0v) is 13.8. The van der Waals surface area contributed by atoms with Crippen molar-refractivity contribution in [2.75, 3.05) is 17.0 Å². The molecule has 5 N–H and O–H groups in total. The summed E-state index contributed by atoms with van der Waals surface area (Å²) in [7, 11) is 1.89. The molecule has 0 saturated heterocycles. The van der Waals surface area contributed by atoms with Gasteiger partial charge in [-0.1, -0.05) is 19.1 Å². The third kappa shape index (κ3) is 3.76. The largest absolute Gasteiger partial charge is 0.448 e. The molecule has 23 heavy (non-hydrogen) atoms. The fourth-order valence-electron chi connectivity index (χ4n) is 2.43. The molecular weight excluding hydrogens is 318 g/mol. The van der Waals surface area contributed by atoms with E-state index in [0.29, 0.717) is 23.2 Å². The Hall–Kier alpha value is -2.22. The Kier molecular flexibility index (Phi) is 5.49. The van der Waals surface area contributed by atoms with Crippen LogP contribution in [0.3, 0.4) is 0 Å². The van der Waals surface area contributed by atoms with Crippen LogP contribution in [0.5, 0.6) is 0 Å². The number of furan rings is 1. The number of carbonyl (C=O) groups is 1. The molecule has 0 bridgehead atoms. The normalized spacial score (nSPS) is 10.5. The zero-order chi connectivity index (χ0) is 17.0. The molecule has 0 atom stereocenters. The predicted octanol–water partition coefficient (Wildman–Crippen LogP) is 2.40. The standard InChI is InChI=1S/C15H20ClN5O2/c1-3-10-5-4-6-12(21(18)15(22)19-17)14(10)20(2)9-11-7-8-13(16)23-11/h4-8H,3,9,17-18H2,1-2H3,(H,19,22). The van der Waals surface area contributed by atoms with Crippen LogP contribution < -0.4 is 27.0 Å². The van der Waals surface area contributed by atoms with Crippen LogP contribution >= 0.6 is 11.6 Å². The zero-order valence-electron chi connectivity index (χ0n) is 13.0. The molecule has 0 aliphatic carbocycles. The van der Waals surface area contributed by atoms with Crippen molar-refractivity contribution in [2.45, 2.75) is 19.9 Å². The molecular formula is C15H20ClN5O2. The summed E-state index contributed by atoms with van der Waals surface area (Å²) in [5.74, 6) is 11.8. The lowest BCUT2D eigenvalue weighted by Gasteiger charge is -2.27. The van der Waals surface area contributed by atoms with E-state index in [-0.39, 0.29) is 0 Å². The second-order valence-electron chi connectivity index (χ2n) is 5.02. The summed E-state index contributed by atoms with van der Waals surface area (Å²) < 4.78 is 5.40. The van der Waals surface area contributed by atoms with Gasteiger partial charge in [0.25, 0.3) is 0 Å². The van der Waals surface area contributed by atoms with Crippen molar-refractivity contribution in [1.82, 2.24) is 5.43 Å². The molecule has 124 valence electrons. The first-order valence-electron chi connectivity index (χ1n) is 7.10. The van der Waals surface area contributed by atoms with Crippen molar-refractivity contribution in [3.05, 3.63) is 46.9 Å². The van der Waals surface area contributed by atoms with Gasteiger partial charge in [-0.25, -0.2) is 21.5 Å². The van der Waals surface area contributed by atoms with Gasteiger partial charge in [0.1, 0.15) is 5.76 Å². The smallest absolute Gasteiger partial charge is 0.350 e. The Balaban J connectivity index is 2.39. The van der Waals surface area contributed by atoms with Crippen LogP contribution in [0, 0.1) is 0 Å². The van der Waals surface area contributed by atoms with Gasteiger partial charge < -0.3 is 9.32 Å². The van der Waals surface area contributed by atoms with E-state index in [9.17, 15) is 4.79 Å². The molecule has 0 saturated carbocycles. The van der Waals surface area contributed by atoms with Gasteiger partial charge in [-0.3, -0.25) is 5.43 Å². The van der Waals surface area contributed by atoms with Crippen LogP contribution in [0.15, 0.2) is 34.7 Å². The minimum absolute atomic E-state index is 0.334. The maximum Gasteiger partial charge on any atom is 0.350 e. The van der Waals surface area contributed by atoms with Gasteiger partial charge in [-0.15, -0.1) is 0 Å². The fourth-order valence-corrected chi connectivity index (χ4v) is 2.59. The number of nitrogens with zero attached hydrogens (tertiary/aromatic N) is 2. The summed E-state index contributed by atoms with van der Waals surface area (Å²) in [4.78, 5) is 13.7. The minimum Gasteiger partial charge on any atom is -0.448 e. The number of hydrogen-bond donors (Lipinski definition) is 3. The molecule has 7 nitrogen and oxygen atoms in total. The number of aryl methyl sites for hydroxylation is 1. The van der Waals surface area contributed by atoms with Crippen LogP contribution in [0.2, 0.25) is 5.22 Å². The number of urea groups is 1. The molecule has 0 spiro atoms. The number of para-hydroxylation sites is 1. The van der Waals surface area contributed by atoms with Gasteiger partial charge in [0.15, 0.2) is 5.22 Å². The average molecular weight is 338 g/mol. The van der Waals surface area contributed by atoms with Crippen molar-refractivity contribution in [3.8, 4) is 0 Å². The highest BCUT2D eigenvalue weighted by Gasteiger charge is 2.20. The number of hydrogen-bond acceptors (Lipinski definition) is 5. The summed E-state index contributed by atoms with van der Waals surface area (Å²) in [5, 5.41) is 1.32. The lowest BCUT2D eigenvalue weighted by Crippen LogP contribution is -2.48. The van der Waals surface area contributed by atoms with Gasteiger partial charge in [-0.05, 0) is 41.8 Å². The number of halogens is 1. The third-order valence-corrected chi connectivity index (χ3v) is 3.69. The van der Waals surface area contributed by atoms with Crippen molar-refractivity contribution in [3.63, 3.8) is 0 Å². The van der Waals surface area contributed by atoms with Gasteiger partial charge in [-0.2, -0.15) is 0 Å². The summed E-state index contributed by atoms with van der Waals surface area (Å²) in [6.07, 6.45) is 0.782. The summed E-state index contributed by atoms with van der Waals surface area (Å²) in [6.45, 7) is 2.51. The van der Waals surface area contributed by atoms with Gasteiger partial charge in [0.2, 0.25) is 0 Å². The number of nitrogens with two attached hydrogens (primary N) is 2. The Morgan fingerprint density at radius 2 is 2.09 bits per heavy atom. The average Bonchev–Trinajstić information content (AvgIpc) is 2.97. The molecule has 0 aliphatic rings. The second kappa shape index (κ2) is 7.36. The Labute approximate surface area is 139 Å². The number of amides is 2. The lowest BCUT2D eigenvalue weighted by molar-refractivity contribution is 0.246. The van der Waals surface area contributed by atoms with Crippen molar-refractivity contribution < 1.29 is 9.21 Å². The van der Waals surface area contributed by atoms with Gasteiger partial charge in [0.05, 0.1) is 17.9 Å². The number of nitrogens with one attached hydrogen (secondary N) is 1. The molecule has 1 aromatic heterocycles. The molecule has 2 aromatic rings. The topological polar surface area (TPSA) is 101 Å². The van der Waals surface area contributed by atoms with E-state index in [1.807, 2.05) is 36.4 Å². The molecule has 1 heterocycles. The first kappa shape index (κ1) is 17.1. The number of benzene rings is 1. The molecule has 0 radical (unpaired) electrons. The number of rotatable bonds is 5. The molecule has 1 aromatic carbocycles. The molecule has 0 fully saturated rings. The Morgan fingerprint density at radius 3 is 2.65 bits per heavy atom. The maximum absolute atomic E-state index is 11.8. The van der Waals surface area contributed by atoms with Crippen LogP contribution in [-0.2, 0) is 13.0 Å². The summed E-state index contributed by atoms with van der Waals surface area (Å²) in [6, 6.07) is 8.48. The molecule has 2 amide bonds. The second-order valence-corrected chi connectivity index (χ2v) is 5.39. The number of carbonyl (C=O) groups excluding carboxylic acids is 1. The van der Waals surface area contributed by atoms with E-state index in [0.717, 1.165) is 22.7 Å². The van der Waals surface area contributed by atoms with Crippen molar-refractivity contribution in [2.24, 2.45) is 11.7 Å². The molecule has 0 aliphatic heterocycles. The van der Waals surface area contributed by atoms with Crippen molar-refractivity contribution in [1.29, 1.82) is 0 Å². The van der Waals surface area contributed by atoms with Crippen LogP contribution in [0.25, 0.3) is 0 Å². The van der Waals surface area contributed by atoms with E-state index in [1.54, 1.807) is 18.2 Å². The molecule has 8 heteroatoms. The predicted molar refractivity (Wildman–Crippen MR) is 91.0 cm³/mol. The highest BCUT2D eigenvalue weighted by molar-refractivity contribution is 6.28. The molecule has 2 rings (SSSR count). The Bertz CT molecular complexity index is 688. The van der Waals surface area contributed by atoms with E-state index in [1.165, 1.54) is 0 Å². The van der Waals surface area contributed by atoms with E-state index in [2.05, 4.69) is 0 Å². The third-order valence-electron chi connectivity index (χ3n) is 3.48. The van der Waals surface area contributed by atoms with Crippen LogP contribution in [0.4, 0.5) is 16.2 Å².